The zero-order valence-corrected chi connectivity index (χ0v) is 9.93. The van der Waals surface area contributed by atoms with Crippen LogP contribution >= 0.6 is 0 Å². The summed E-state index contributed by atoms with van der Waals surface area (Å²) in [6.45, 7) is 0. The van der Waals surface area contributed by atoms with E-state index < -0.39 is 24.2 Å². The second-order valence-corrected chi connectivity index (χ2v) is 4.91. The number of alkyl halides is 2. The molecule has 0 radical (unpaired) electrons. The van der Waals surface area contributed by atoms with Crippen molar-refractivity contribution in [2.24, 2.45) is 5.92 Å². The first kappa shape index (κ1) is 13.0. The van der Waals surface area contributed by atoms with Crippen LogP contribution in [0.3, 0.4) is 0 Å². The standard InChI is InChI=1S/C14H16F2O2/c15-12-7-9(8-13(12)16)6-11(14(17)18)10-4-2-1-3-5-10/h1-5,9,11-13H,6-8H2,(H,17,18)/t9?,11?,12-,13+. The molecule has 0 saturated heterocycles. The zero-order chi connectivity index (χ0) is 13.1. The van der Waals surface area contributed by atoms with Crippen molar-refractivity contribution in [3.05, 3.63) is 35.9 Å². The van der Waals surface area contributed by atoms with Gasteiger partial charge in [0.25, 0.3) is 0 Å². The van der Waals surface area contributed by atoms with E-state index in [1.54, 1.807) is 24.3 Å². The number of halogens is 2. The maximum atomic E-state index is 13.1. The van der Waals surface area contributed by atoms with Crippen molar-refractivity contribution in [1.82, 2.24) is 0 Å². The van der Waals surface area contributed by atoms with Gasteiger partial charge >= 0.3 is 5.97 Å². The van der Waals surface area contributed by atoms with E-state index >= 15 is 0 Å². The average molecular weight is 254 g/mol. The Morgan fingerprint density at radius 3 is 2.28 bits per heavy atom. The summed E-state index contributed by atoms with van der Waals surface area (Å²) in [6.07, 6.45) is -2.28. The molecule has 98 valence electrons. The number of rotatable bonds is 4. The quantitative estimate of drug-likeness (QED) is 0.894. The topological polar surface area (TPSA) is 37.3 Å². The van der Waals surface area contributed by atoms with Crippen molar-refractivity contribution in [2.75, 3.05) is 0 Å². The molecule has 0 heterocycles. The van der Waals surface area contributed by atoms with Crippen molar-refractivity contribution in [1.29, 1.82) is 0 Å². The van der Waals surface area contributed by atoms with Gasteiger partial charge in [-0.1, -0.05) is 30.3 Å². The lowest BCUT2D eigenvalue weighted by Gasteiger charge is -2.16. The van der Waals surface area contributed by atoms with Crippen LogP contribution in [0.4, 0.5) is 8.78 Å². The monoisotopic (exact) mass is 254 g/mol. The lowest BCUT2D eigenvalue weighted by Crippen LogP contribution is -2.15. The predicted molar refractivity (Wildman–Crippen MR) is 64.0 cm³/mol. The molecule has 1 N–H and O–H groups in total. The molecule has 0 bridgehead atoms. The fraction of sp³-hybridized carbons (Fsp3) is 0.500. The Kier molecular flexibility index (Phi) is 3.94. The van der Waals surface area contributed by atoms with Gasteiger partial charge in [-0.2, -0.15) is 0 Å². The Bertz CT molecular complexity index is 398. The molecule has 2 unspecified atom stereocenters. The number of hydrogen-bond donors (Lipinski definition) is 1. The summed E-state index contributed by atoms with van der Waals surface area (Å²) in [5.74, 6) is -1.79. The first-order chi connectivity index (χ1) is 8.58. The van der Waals surface area contributed by atoms with E-state index in [9.17, 15) is 18.7 Å². The van der Waals surface area contributed by atoms with E-state index in [1.807, 2.05) is 6.07 Å². The Labute approximate surface area is 105 Å². The molecule has 1 aromatic carbocycles. The number of benzene rings is 1. The van der Waals surface area contributed by atoms with Crippen LogP contribution in [0, 0.1) is 5.92 Å². The van der Waals surface area contributed by atoms with E-state index in [0.717, 1.165) is 0 Å². The molecule has 4 heteroatoms. The van der Waals surface area contributed by atoms with Crippen molar-refractivity contribution < 1.29 is 18.7 Å². The van der Waals surface area contributed by atoms with Crippen LogP contribution in [0.1, 0.15) is 30.7 Å². The van der Waals surface area contributed by atoms with Crippen LogP contribution in [0.15, 0.2) is 30.3 Å². The third-order valence-electron chi connectivity index (χ3n) is 3.58. The minimum atomic E-state index is -1.43. The Morgan fingerprint density at radius 2 is 1.78 bits per heavy atom. The molecule has 1 saturated carbocycles. The predicted octanol–water partition coefficient (Wildman–Crippen LogP) is 3.33. The molecule has 2 nitrogen and oxygen atoms in total. The number of carboxylic acid groups (broad SMARTS) is 1. The van der Waals surface area contributed by atoms with Gasteiger partial charge in [0.15, 0.2) is 0 Å². The fourth-order valence-electron chi connectivity index (χ4n) is 2.62. The highest BCUT2D eigenvalue weighted by Gasteiger charge is 2.37. The summed E-state index contributed by atoms with van der Waals surface area (Å²) in [5.41, 5.74) is 0.697. The molecule has 1 fully saturated rings. The van der Waals surface area contributed by atoms with Crippen LogP contribution in [0.5, 0.6) is 0 Å². The molecule has 0 amide bonds. The van der Waals surface area contributed by atoms with Crippen LogP contribution in [-0.4, -0.2) is 23.4 Å². The molecule has 1 aliphatic carbocycles. The molecular weight excluding hydrogens is 238 g/mol. The highest BCUT2D eigenvalue weighted by atomic mass is 19.2. The van der Waals surface area contributed by atoms with Crippen molar-refractivity contribution in [2.45, 2.75) is 37.5 Å². The van der Waals surface area contributed by atoms with E-state index in [2.05, 4.69) is 0 Å². The largest absolute Gasteiger partial charge is 0.481 e. The van der Waals surface area contributed by atoms with Gasteiger partial charge in [-0.05, 0) is 30.7 Å². The molecule has 0 spiro atoms. The minimum Gasteiger partial charge on any atom is -0.481 e. The van der Waals surface area contributed by atoms with Crippen LogP contribution < -0.4 is 0 Å². The molecule has 0 aromatic heterocycles. The number of carboxylic acids is 1. The maximum Gasteiger partial charge on any atom is 0.310 e. The molecule has 2 rings (SSSR count). The van der Waals surface area contributed by atoms with Crippen LogP contribution in [-0.2, 0) is 4.79 Å². The fourth-order valence-corrected chi connectivity index (χ4v) is 2.62. The first-order valence-corrected chi connectivity index (χ1v) is 6.14. The summed E-state index contributed by atoms with van der Waals surface area (Å²) >= 11 is 0. The van der Waals surface area contributed by atoms with Gasteiger partial charge in [-0.25, -0.2) is 8.78 Å². The summed E-state index contributed by atoms with van der Waals surface area (Å²) in [4.78, 5) is 11.3. The molecular formula is C14H16F2O2. The number of aliphatic carboxylic acids is 1. The SMILES string of the molecule is O=C(O)C(CC1C[C@@H](F)[C@@H](F)C1)c1ccccc1. The summed E-state index contributed by atoms with van der Waals surface area (Å²) in [5, 5.41) is 9.23. The van der Waals surface area contributed by atoms with E-state index in [4.69, 9.17) is 0 Å². The lowest BCUT2D eigenvalue weighted by molar-refractivity contribution is -0.139. The maximum absolute atomic E-state index is 13.1. The van der Waals surface area contributed by atoms with E-state index in [1.165, 1.54) is 0 Å². The number of hydrogen-bond acceptors (Lipinski definition) is 1. The van der Waals surface area contributed by atoms with Crippen molar-refractivity contribution >= 4 is 5.97 Å². The van der Waals surface area contributed by atoms with Gasteiger partial charge in [-0.3, -0.25) is 4.79 Å². The summed E-state index contributed by atoms with van der Waals surface area (Å²) in [6, 6.07) is 8.85. The second kappa shape index (κ2) is 5.46. The second-order valence-electron chi connectivity index (χ2n) is 4.91. The Hall–Kier alpha value is -1.45. The third kappa shape index (κ3) is 2.86. The van der Waals surface area contributed by atoms with Crippen molar-refractivity contribution in [3.63, 3.8) is 0 Å². The van der Waals surface area contributed by atoms with Gasteiger partial charge in [0.05, 0.1) is 5.92 Å². The summed E-state index contributed by atoms with van der Waals surface area (Å²) < 4.78 is 26.2. The van der Waals surface area contributed by atoms with E-state index in [0.29, 0.717) is 12.0 Å². The normalized spacial score (nSPS) is 29.1. The van der Waals surface area contributed by atoms with E-state index in [-0.39, 0.29) is 18.8 Å². The van der Waals surface area contributed by atoms with Gasteiger partial charge in [0.2, 0.25) is 0 Å². The lowest BCUT2D eigenvalue weighted by atomic mass is 9.88. The number of carbonyl (C=O) groups is 1. The Morgan fingerprint density at radius 1 is 1.22 bits per heavy atom. The highest BCUT2D eigenvalue weighted by molar-refractivity contribution is 5.76. The molecule has 1 aromatic rings. The van der Waals surface area contributed by atoms with Gasteiger partial charge in [0.1, 0.15) is 12.3 Å². The highest BCUT2D eigenvalue weighted by Crippen LogP contribution is 2.37. The van der Waals surface area contributed by atoms with Gasteiger partial charge in [-0.15, -0.1) is 0 Å². The molecule has 18 heavy (non-hydrogen) atoms. The Balaban J connectivity index is 2.07. The van der Waals surface area contributed by atoms with Crippen LogP contribution in [0.2, 0.25) is 0 Å². The van der Waals surface area contributed by atoms with Gasteiger partial charge < -0.3 is 5.11 Å². The van der Waals surface area contributed by atoms with Gasteiger partial charge in [0, 0.05) is 0 Å². The molecule has 4 atom stereocenters. The molecule has 0 aliphatic heterocycles. The average Bonchev–Trinajstić information content (AvgIpc) is 2.66. The third-order valence-corrected chi connectivity index (χ3v) is 3.58. The minimum absolute atomic E-state index is 0.137. The van der Waals surface area contributed by atoms with Crippen LogP contribution in [0.25, 0.3) is 0 Å². The smallest absolute Gasteiger partial charge is 0.310 e. The first-order valence-electron chi connectivity index (χ1n) is 6.14. The zero-order valence-electron chi connectivity index (χ0n) is 9.93. The molecule has 1 aliphatic rings. The van der Waals surface area contributed by atoms with Crippen molar-refractivity contribution in [3.8, 4) is 0 Å². The summed E-state index contributed by atoms with van der Waals surface area (Å²) in [7, 11) is 0.